The summed E-state index contributed by atoms with van der Waals surface area (Å²) >= 11 is 0. The monoisotopic (exact) mass is 288 g/mol. The molecule has 0 saturated carbocycles. The van der Waals surface area contributed by atoms with Crippen LogP contribution >= 0.6 is 0 Å². The lowest BCUT2D eigenvalue weighted by Gasteiger charge is -2.09. The number of aryl methyl sites for hydroxylation is 1. The first-order chi connectivity index (χ1) is 8.94. The van der Waals surface area contributed by atoms with E-state index in [0.717, 1.165) is 12.4 Å². The normalized spacial score (nSPS) is 12.2. The van der Waals surface area contributed by atoms with Crippen LogP contribution in [0.1, 0.15) is 33.0 Å². The van der Waals surface area contributed by atoms with Crippen molar-refractivity contribution in [2.24, 2.45) is 5.92 Å². The van der Waals surface area contributed by atoms with Crippen molar-refractivity contribution in [2.45, 2.75) is 40.3 Å². The Balaban J connectivity index is 2.49. The molecule has 0 fully saturated rings. The Morgan fingerprint density at radius 1 is 1.37 bits per heavy atom. The zero-order chi connectivity index (χ0) is 14.3. The summed E-state index contributed by atoms with van der Waals surface area (Å²) in [4.78, 5) is 4.15. The van der Waals surface area contributed by atoms with Gasteiger partial charge in [-0.15, -0.1) is 0 Å². The molecule has 0 amide bonds. The van der Waals surface area contributed by atoms with Crippen LogP contribution in [0.25, 0.3) is 0 Å². The van der Waals surface area contributed by atoms with Crippen molar-refractivity contribution in [3.05, 3.63) is 12.2 Å². The van der Waals surface area contributed by atoms with Gasteiger partial charge in [-0.1, -0.05) is 20.8 Å². The van der Waals surface area contributed by atoms with Crippen LogP contribution in [-0.4, -0.2) is 41.2 Å². The highest BCUT2D eigenvalue weighted by Gasteiger charge is 2.11. The van der Waals surface area contributed by atoms with E-state index in [1.54, 1.807) is 4.68 Å². The molecule has 0 unspecified atom stereocenters. The van der Waals surface area contributed by atoms with Crippen LogP contribution in [0.5, 0.6) is 0 Å². The van der Waals surface area contributed by atoms with E-state index in [0.29, 0.717) is 25.4 Å². The largest absolute Gasteiger partial charge is 0.310 e. The van der Waals surface area contributed by atoms with Gasteiger partial charge >= 0.3 is 0 Å². The SMILES string of the molecule is CCCS(=O)(=O)CCn1ncnc1CNCC(C)C. The molecular weight excluding hydrogens is 264 g/mol. The molecule has 0 radical (unpaired) electrons. The van der Waals surface area contributed by atoms with E-state index in [1.165, 1.54) is 6.33 Å². The van der Waals surface area contributed by atoms with Crippen molar-refractivity contribution in [1.82, 2.24) is 20.1 Å². The molecule has 6 nitrogen and oxygen atoms in total. The van der Waals surface area contributed by atoms with E-state index in [2.05, 4.69) is 29.2 Å². The van der Waals surface area contributed by atoms with Crippen molar-refractivity contribution in [3.63, 3.8) is 0 Å². The molecule has 0 saturated heterocycles. The maximum absolute atomic E-state index is 11.7. The van der Waals surface area contributed by atoms with Crippen molar-refractivity contribution in [1.29, 1.82) is 0 Å². The van der Waals surface area contributed by atoms with E-state index in [-0.39, 0.29) is 11.5 Å². The summed E-state index contributed by atoms with van der Waals surface area (Å²) in [7, 11) is -2.97. The first kappa shape index (κ1) is 16.1. The Morgan fingerprint density at radius 3 is 2.74 bits per heavy atom. The summed E-state index contributed by atoms with van der Waals surface area (Å²) in [6, 6.07) is 0. The number of hydrogen-bond donors (Lipinski definition) is 1. The van der Waals surface area contributed by atoms with Gasteiger partial charge in [0.05, 0.1) is 18.8 Å². The van der Waals surface area contributed by atoms with Gasteiger partial charge in [0.2, 0.25) is 0 Å². The molecule has 0 aromatic carbocycles. The number of sulfone groups is 1. The molecule has 1 aromatic heterocycles. The first-order valence-electron chi connectivity index (χ1n) is 6.72. The highest BCUT2D eigenvalue weighted by atomic mass is 32.2. The van der Waals surface area contributed by atoms with Gasteiger partial charge in [0.25, 0.3) is 0 Å². The molecule has 0 atom stereocenters. The Morgan fingerprint density at radius 2 is 2.11 bits per heavy atom. The average molecular weight is 288 g/mol. The number of aromatic nitrogens is 3. The zero-order valence-electron chi connectivity index (χ0n) is 12.0. The second-order valence-corrected chi connectivity index (χ2v) is 7.38. The predicted octanol–water partition coefficient (Wildman–Crippen LogP) is 0.848. The first-order valence-corrected chi connectivity index (χ1v) is 8.54. The lowest BCUT2D eigenvalue weighted by molar-refractivity contribution is 0.517. The van der Waals surface area contributed by atoms with Crippen LogP contribution in [-0.2, 0) is 22.9 Å². The third kappa shape index (κ3) is 6.15. The predicted molar refractivity (Wildman–Crippen MR) is 75.5 cm³/mol. The van der Waals surface area contributed by atoms with Gasteiger partial charge in [-0.25, -0.2) is 18.1 Å². The fourth-order valence-corrected chi connectivity index (χ4v) is 3.00. The molecule has 7 heteroatoms. The Kier molecular flexibility index (Phi) is 6.44. The smallest absolute Gasteiger partial charge is 0.152 e. The van der Waals surface area contributed by atoms with Crippen molar-refractivity contribution >= 4 is 9.84 Å². The average Bonchev–Trinajstić information content (AvgIpc) is 2.74. The molecule has 0 bridgehead atoms. The van der Waals surface area contributed by atoms with Crippen LogP contribution in [0.3, 0.4) is 0 Å². The Hall–Kier alpha value is -0.950. The van der Waals surface area contributed by atoms with E-state index in [4.69, 9.17) is 0 Å². The van der Waals surface area contributed by atoms with Crippen molar-refractivity contribution < 1.29 is 8.42 Å². The van der Waals surface area contributed by atoms with E-state index in [1.807, 2.05) is 6.92 Å². The molecule has 0 aliphatic rings. The molecule has 1 rings (SSSR count). The maximum Gasteiger partial charge on any atom is 0.152 e. The molecular formula is C12H24N4O2S. The molecule has 110 valence electrons. The van der Waals surface area contributed by atoms with E-state index in [9.17, 15) is 8.42 Å². The third-order valence-electron chi connectivity index (χ3n) is 2.66. The van der Waals surface area contributed by atoms with Gasteiger partial charge in [-0.2, -0.15) is 5.10 Å². The number of hydrogen-bond acceptors (Lipinski definition) is 5. The number of rotatable bonds is 9. The minimum absolute atomic E-state index is 0.126. The Labute approximate surface area is 115 Å². The molecule has 19 heavy (non-hydrogen) atoms. The molecule has 0 aliphatic carbocycles. The highest BCUT2D eigenvalue weighted by molar-refractivity contribution is 7.91. The van der Waals surface area contributed by atoms with Gasteiger partial charge in [0, 0.05) is 5.75 Å². The van der Waals surface area contributed by atoms with Crippen LogP contribution in [0.2, 0.25) is 0 Å². The van der Waals surface area contributed by atoms with E-state index >= 15 is 0 Å². The lowest BCUT2D eigenvalue weighted by Crippen LogP contribution is -2.23. The van der Waals surface area contributed by atoms with Crippen LogP contribution in [0.15, 0.2) is 6.33 Å². The highest BCUT2D eigenvalue weighted by Crippen LogP contribution is 1.99. The van der Waals surface area contributed by atoms with E-state index < -0.39 is 9.84 Å². The van der Waals surface area contributed by atoms with Crippen molar-refractivity contribution in [3.8, 4) is 0 Å². The molecule has 1 heterocycles. The van der Waals surface area contributed by atoms with Gasteiger partial charge in [0.1, 0.15) is 12.2 Å². The topological polar surface area (TPSA) is 76.9 Å². The van der Waals surface area contributed by atoms with Crippen LogP contribution in [0, 0.1) is 5.92 Å². The quantitative estimate of drug-likeness (QED) is 0.729. The maximum atomic E-state index is 11.7. The lowest BCUT2D eigenvalue weighted by atomic mass is 10.2. The van der Waals surface area contributed by atoms with Gasteiger partial charge < -0.3 is 5.32 Å². The summed E-state index contributed by atoms with van der Waals surface area (Å²) < 4.78 is 25.0. The number of nitrogens with zero attached hydrogens (tertiary/aromatic N) is 3. The minimum Gasteiger partial charge on any atom is -0.310 e. The summed E-state index contributed by atoms with van der Waals surface area (Å²) in [5, 5.41) is 7.36. The van der Waals surface area contributed by atoms with Gasteiger partial charge in [-0.3, -0.25) is 0 Å². The van der Waals surface area contributed by atoms with Crippen LogP contribution < -0.4 is 5.32 Å². The summed E-state index contributed by atoms with van der Waals surface area (Å²) in [5.41, 5.74) is 0. The number of nitrogens with one attached hydrogen (secondary N) is 1. The summed E-state index contributed by atoms with van der Waals surface area (Å²) in [6.07, 6.45) is 2.13. The second kappa shape index (κ2) is 7.59. The summed E-state index contributed by atoms with van der Waals surface area (Å²) in [6.45, 7) is 8.03. The Bertz CT molecular complexity index is 468. The molecule has 0 aliphatic heterocycles. The second-order valence-electron chi connectivity index (χ2n) is 5.08. The molecule has 1 aromatic rings. The van der Waals surface area contributed by atoms with Crippen molar-refractivity contribution in [2.75, 3.05) is 18.1 Å². The standard InChI is InChI=1S/C12H24N4O2S/c1-4-6-19(17,18)7-5-16-12(14-10-15-16)9-13-8-11(2)3/h10-11,13H,4-9H2,1-3H3. The van der Waals surface area contributed by atoms with Gasteiger partial charge in [0.15, 0.2) is 9.84 Å². The van der Waals surface area contributed by atoms with Gasteiger partial charge in [-0.05, 0) is 18.9 Å². The fraction of sp³-hybridized carbons (Fsp3) is 0.833. The third-order valence-corrected chi connectivity index (χ3v) is 4.50. The summed E-state index contributed by atoms with van der Waals surface area (Å²) in [5.74, 6) is 1.72. The minimum atomic E-state index is -2.97. The molecule has 1 N–H and O–H groups in total. The van der Waals surface area contributed by atoms with Crippen LogP contribution in [0.4, 0.5) is 0 Å². The fourth-order valence-electron chi connectivity index (χ4n) is 1.72. The molecule has 0 spiro atoms. The zero-order valence-corrected chi connectivity index (χ0v) is 12.8.